The fraction of sp³-hybridized carbons (Fsp3) is 0.188. The van der Waals surface area contributed by atoms with Gasteiger partial charge in [0.25, 0.3) is 0 Å². The molecular weight excluding hydrogens is 399 g/mol. The number of hydrogen-bond acceptors (Lipinski definition) is 4. The van der Waals surface area contributed by atoms with E-state index in [0.717, 1.165) is 19.1 Å². The van der Waals surface area contributed by atoms with Crippen LogP contribution in [-0.4, -0.2) is 19.7 Å². The van der Waals surface area contributed by atoms with Crippen molar-refractivity contribution in [1.82, 2.24) is 0 Å². The van der Waals surface area contributed by atoms with Gasteiger partial charge in [0.1, 0.15) is 5.75 Å². The van der Waals surface area contributed by atoms with Gasteiger partial charge < -0.3 is 9.47 Å². The zero-order valence-electron chi connectivity index (χ0n) is 11.8. The molecule has 0 aromatic heterocycles. The maximum Gasteiger partial charge on any atom is 0.338 e. The Bertz CT molecular complexity index is 626. The van der Waals surface area contributed by atoms with Crippen LogP contribution in [0.4, 0.5) is 0 Å². The lowest BCUT2D eigenvalue weighted by atomic mass is 10.2. The predicted molar refractivity (Wildman–Crippen MR) is 92.2 cm³/mol. The SMILES string of the molecule is CCOC(=O)c1ccc(Sc2ccc(OC)cc2I)cc1. The summed E-state index contributed by atoms with van der Waals surface area (Å²) in [6, 6.07) is 13.4. The van der Waals surface area contributed by atoms with E-state index >= 15 is 0 Å². The molecule has 0 aliphatic heterocycles. The van der Waals surface area contributed by atoms with E-state index in [-0.39, 0.29) is 5.97 Å². The normalized spacial score (nSPS) is 10.2. The van der Waals surface area contributed by atoms with E-state index in [4.69, 9.17) is 9.47 Å². The summed E-state index contributed by atoms with van der Waals surface area (Å²) in [5.41, 5.74) is 0.575. The van der Waals surface area contributed by atoms with Crippen molar-refractivity contribution in [3.8, 4) is 5.75 Å². The number of halogens is 1. The topological polar surface area (TPSA) is 35.5 Å². The predicted octanol–water partition coefficient (Wildman–Crippen LogP) is 4.63. The lowest BCUT2D eigenvalue weighted by Gasteiger charge is -2.07. The molecule has 0 bridgehead atoms. The van der Waals surface area contributed by atoms with Gasteiger partial charge in [-0.15, -0.1) is 0 Å². The van der Waals surface area contributed by atoms with Crippen molar-refractivity contribution in [3.63, 3.8) is 0 Å². The van der Waals surface area contributed by atoms with Gasteiger partial charge in [0.2, 0.25) is 0 Å². The van der Waals surface area contributed by atoms with Crippen LogP contribution in [0.15, 0.2) is 52.3 Å². The molecule has 0 radical (unpaired) electrons. The van der Waals surface area contributed by atoms with E-state index < -0.39 is 0 Å². The molecule has 2 rings (SSSR count). The fourth-order valence-corrected chi connectivity index (χ4v) is 3.33. The third-order valence-corrected chi connectivity index (χ3v) is 5.07. The van der Waals surface area contributed by atoms with Crippen LogP contribution in [0.25, 0.3) is 0 Å². The third kappa shape index (κ3) is 4.38. The third-order valence-electron chi connectivity index (χ3n) is 2.73. The number of ether oxygens (including phenoxy) is 2. The highest BCUT2D eigenvalue weighted by atomic mass is 127. The molecule has 5 heteroatoms. The molecule has 0 spiro atoms. The fourth-order valence-electron chi connectivity index (χ4n) is 1.69. The lowest BCUT2D eigenvalue weighted by Crippen LogP contribution is -2.03. The molecule has 0 saturated carbocycles. The minimum atomic E-state index is -0.284. The standard InChI is InChI=1S/C16H15IO3S/c1-3-20-16(18)11-4-7-13(8-5-11)21-15-9-6-12(19-2)10-14(15)17/h4-10H,3H2,1-2H3. The van der Waals surface area contributed by atoms with E-state index in [0.29, 0.717) is 12.2 Å². The number of rotatable bonds is 5. The summed E-state index contributed by atoms with van der Waals surface area (Å²) in [7, 11) is 1.66. The van der Waals surface area contributed by atoms with E-state index in [1.165, 1.54) is 0 Å². The summed E-state index contributed by atoms with van der Waals surface area (Å²) in [4.78, 5) is 13.8. The Morgan fingerprint density at radius 2 is 1.90 bits per heavy atom. The molecule has 0 aliphatic carbocycles. The van der Waals surface area contributed by atoms with Crippen LogP contribution >= 0.6 is 34.4 Å². The van der Waals surface area contributed by atoms with Crippen LogP contribution in [-0.2, 0) is 4.74 Å². The van der Waals surface area contributed by atoms with Gasteiger partial charge in [-0.2, -0.15) is 0 Å². The smallest absolute Gasteiger partial charge is 0.338 e. The maximum absolute atomic E-state index is 11.6. The van der Waals surface area contributed by atoms with Crippen LogP contribution in [0.2, 0.25) is 0 Å². The van der Waals surface area contributed by atoms with Crippen molar-refractivity contribution < 1.29 is 14.3 Å². The largest absolute Gasteiger partial charge is 0.497 e. The lowest BCUT2D eigenvalue weighted by molar-refractivity contribution is 0.0526. The number of carbonyl (C=O) groups excluding carboxylic acids is 1. The highest BCUT2D eigenvalue weighted by Crippen LogP contribution is 2.33. The van der Waals surface area contributed by atoms with Crippen LogP contribution in [0, 0.1) is 3.57 Å². The molecule has 0 atom stereocenters. The van der Waals surface area contributed by atoms with Crippen molar-refractivity contribution in [2.45, 2.75) is 16.7 Å². The van der Waals surface area contributed by atoms with Crippen molar-refractivity contribution in [2.24, 2.45) is 0 Å². The molecular formula is C16H15IO3S. The quantitative estimate of drug-likeness (QED) is 0.528. The van der Waals surface area contributed by atoms with Crippen LogP contribution in [0.3, 0.4) is 0 Å². The average Bonchev–Trinajstić information content (AvgIpc) is 2.50. The minimum Gasteiger partial charge on any atom is -0.497 e. The molecule has 21 heavy (non-hydrogen) atoms. The van der Waals surface area contributed by atoms with Gasteiger partial charge in [-0.05, 0) is 72.0 Å². The van der Waals surface area contributed by atoms with Gasteiger partial charge in [-0.3, -0.25) is 0 Å². The molecule has 0 fully saturated rings. The number of hydrogen-bond donors (Lipinski definition) is 0. The Morgan fingerprint density at radius 3 is 2.48 bits per heavy atom. The van der Waals surface area contributed by atoms with Crippen LogP contribution in [0.5, 0.6) is 5.75 Å². The zero-order chi connectivity index (χ0) is 15.2. The van der Waals surface area contributed by atoms with Crippen molar-refractivity contribution in [3.05, 3.63) is 51.6 Å². The number of esters is 1. The Balaban J connectivity index is 2.11. The first kappa shape index (κ1) is 16.2. The first-order valence-corrected chi connectivity index (χ1v) is 8.32. The Hall–Kier alpha value is -1.21. The maximum atomic E-state index is 11.6. The van der Waals surface area contributed by atoms with Crippen LogP contribution < -0.4 is 4.74 Å². The summed E-state index contributed by atoms with van der Waals surface area (Å²) in [6.07, 6.45) is 0. The molecule has 110 valence electrons. The van der Waals surface area contributed by atoms with Crippen molar-refractivity contribution >= 4 is 40.3 Å². The molecule has 3 nitrogen and oxygen atoms in total. The first-order valence-electron chi connectivity index (χ1n) is 6.42. The summed E-state index contributed by atoms with van der Waals surface area (Å²) < 4.78 is 11.3. The van der Waals surface area contributed by atoms with Gasteiger partial charge >= 0.3 is 5.97 Å². The molecule has 0 aliphatic rings. The Labute approximate surface area is 142 Å². The van der Waals surface area contributed by atoms with E-state index in [1.807, 2.05) is 30.3 Å². The van der Waals surface area contributed by atoms with E-state index in [2.05, 4.69) is 22.6 Å². The summed E-state index contributed by atoms with van der Waals surface area (Å²) in [5.74, 6) is 0.564. The van der Waals surface area contributed by atoms with Gasteiger partial charge in [-0.25, -0.2) is 4.79 Å². The van der Waals surface area contributed by atoms with Crippen molar-refractivity contribution in [1.29, 1.82) is 0 Å². The highest BCUT2D eigenvalue weighted by Gasteiger charge is 2.08. The summed E-state index contributed by atoms with van der Waals surface area (Å²) >= 11 is 3.94. The zero-order valence-corrected chi connectivity index (χ0v) is 14.7. The average molecular weight is 414 g/mol. The summed E-state index contributed by atoms with van der Waals surface area (Å²) in [5, 5.41) is 0. The summed E-state index contributed by atoms with van der Waals surface area (Å²) in [6.45, 7) is 2.19. The minimum absolute atomic E-state index is 0.284. The van der Waals surface area contributed by atoms with Gasteiger partial charge in [0.05, 0.1) is 19.3 Å². The Kier molecular flexibility index (Phi) is 5.93. The van der Waals surface area contributed by atoms with E-state index in [1.54, 1.807) is 37.9 Å². The highest BCUT2D eigenvalue weighted by molar-refractivity contribution is 14.1. The van der Waals surface area contributed by atoms with Crippen LogP contribution in [0.1, 0.15) is 17.3 Å². The number of carbonyl (C=O) groups is 1. The van der Waals surface area contributed by atoms with E-state index in [9.17, 15) is 4.79 Å². The second-order valence-electron chi connectivity index (χ2n) is 4.14. The number of benzene rings is 2. The molecule has 0 amide bonds. The van der Waals surface area contributed by atoms with Gasteiger partial charge in [-0.1, -0.05) is 11.8 Å². The Morgan fingerprint density at radius 1 is 1.19 bits per heavy atom. The molecule has 0 N–H and O–H groups in total. The molecule has 2 aromatic rings. The molecule has 0 heterocycles. The van der Waals surface area contributed by atoms with Gasteiger partial charge in [0, 0.05) is 13.4 Å². The molecule has 0 saturated heterocycles. The monoisotopic (exact) mass is 414 g/mol. The number of methoxy groups -OCH3 is 1. The molecule has 2 aromatic carbocycles. The van der Waals surface area contributed by atoms with Crippen molar-refractivity contribution in [2.75, 3.05) is 13.7 Å². The first-order chi connectivity index (χ1) is 10.1. The van der Waals surface area contributed by atoms with Gasteiger partial charge in [0.15, 0.2) is 0 Å². The molecule has 0 unspecified atom stereocenters. The second-order valence-corrected chi connectivity index (χ2v) is 6.42. The second kappa shape index (κ2) is 7.70.